The van der Waals surface area contributed by atoms with Crippen molar-refractivity contribution < 1.29 is 22.7 Å². The first kappa shape index (κ1) is 20.6. The molecule has 3 N–H and O–H groups in total. The number of nitrogens with two attached hydrogens (primary N) is 1. The number of hydrogen-bond donors (Lipinski definition) is 2. The van der Waals surface area contributed by atoms with Crippen LogP contribution >= 0.6 is 0 Å². The molecule has 2 aromatic rings. The number of hydrogen-bond acceptors (Lipinski definition) is 5. The Bertz CT molecular complexity index is 908. The minimum absolute atomic E-state index is 0.0213. The van der Waals surface area contributed by atoms with E-state index in [0.717, 1.165) is 6.42 Å². The van der Waals surface area contributed by atoms with Gasteiger partial charge < -0.3 is 10.1 Å². The van der Waals surface area contributed by atoms with Gasteiger partial charge in [0.05, 0.1) is 11.5 Å². The molecule has 27 heavy (non-hydrogen) atoms. The summed E-state index contributed by atoms with van der Waals surface area (Å²) in [4.78, 5) is 24.1. The maximum Gasteiger partial charge on any atom is 0.238 e. The Kier molecular flexibility index (Phi) is 7.09. The summed E-state index contributed by atoms with van der Waals surface area (Å²) in [6.07, 6.45) is 0.915. The lowest BCUT2D eigenvalue weighted by Crippen LogP contribution is -2.15. The molecule has 0 heterocycles. The third-order valence-electron chi connectivity index (χ3n) is 3.67. The summed E-state index contributed by atoms with van der Waals surface area (Å²) in [6.45, 7) is 2.62. The van der Waals surface area contributed by atoms with Crippen molar-refractivity contribution in [3.05, 3.63) is 54.1 Å². The number of rotatable bonds is 9. The van der Waals surface area contributed by atoms with Gasteiger partial charge in [0.2, 0.25) is 15.9 Å². The number of anilines is 1. The molecule has 0 bridgehead atoms. The summed E-state index contributed by atoms with van der Waals surface area (Å²) < 4.78 is 28.1. The molecule has 0 unspecified atom stereocenters. The first-order valence-corrected chi connectivity index (χ1v) is 10.0. The number of Topliss-reactive ketones (excluding diaryl/α,β-unsaturated/α-hetero) is 1. The smallest absolute Gasteiger partial charge is 0.238 e. The van der Waals surface area contributed by atoms with Gasteiger partial charge >= 0.3 is 0 Å². The summed E-state index contributed by atoms with van der Waals surface area (Å²) in [5.41, 5.74) is 0.805. The summed E-state index contributed by atoms with van der Waals surface area (Å²) in [5.74, 6) is 0.143. The second-order valence-corrected chi connectivity index (χ2v) is 7.48. The Morgan fingerprint density at radius 1 is 1.07 bits per heavy atom. The van der Waals surface area contributed by atoms with Crippen LogP contribution in [0.5, 0.6) is 5.75 Å². The number of benzene rings is 2. The van der Waals surface area contributed by atoms with Crippen LogP contribution in [0, 0.1) is 0 Å². The lowest BCUT2D eigenvalue weighted by molar-refractivity contribution is -0.116. The molecule has 144 valence electrons. The number of primary sulfonamides is 1. The molecule has 0 fully saturated rings. The van der Waals surface area contributed by atoms with Crippen molar-refractivity contribution in [3.8, 4) is 5.75 Å². The second kappa shape index (κ2) is 9.29. The Hall–Kier alpha value is -2.71. The number of ether oxygens (including phenoxy) is 1. The second-order valence-electron chi connectivity index (χ2n) is 5.92. The number of sulfonamides is 1. The highest BCUT2D eigenvalue weighted by atomic mass is 32.2. The van der Waals surface area contributed by atoms with E-state index in [1.807, 2.05) is 6.92 Å². The van der Waals surface area contributed by atoms with E-state index in [4.69, 9.17) is 9.88 Å². The maximum absolute atomic E-state index is 12.2. The molecular formula is C19H22N2O5S. The lowest BCUT2D eigenvalue weighted by Gasteiger charge is -2.07. The zero-order valence-electron chi connectivity index (χ0n) is 15.0. The van der Waals surface area contributed by atoms with Gasteiger partial charge in [0.25, 0.3) is 0 Å². The fourth-order valence-electron chi connectivity index (χ4n) is 2.30. The van der Waals surface area contributed by atoms with Gasteiger partial charge in [-0.15, -0.1) is 0 Å². The van der Waals surface area contributed by atoms with Gasteiger partial charge in [0, 0.05) is 24.1 Å². The molecule has 1 amide bonds. The summed E-state index contributed by atoms with van der Waals surface area (Å²) >= 11 is 0. The van der Waals surface area contributed by atoms with E-state index in [9.17, 15) is 18.0 Å². The van der Waals surface area contributed by atoms with Crippen molar-refractivity contribution in [1.82, 2.24) is 0 Å². The van der Waals surface area contributed by atoms with Crippen LogP contribution in [0.2, 0.25) is 0 Å². The molecule has 2 aromatic carbocycles. The van der Waals surface area contributed by atoms with Gasteiger partial charge in [0.1, 0.15) is 5.75 Å². The number of carbonyl (C=O) groups excluding carboxylic acids is 2. The first-order valence-electron chi connectivity index (χ1n) is 8.48. The molecule has 0 aliphatic carbocycles. The zero-order valence-corrected chi connectivity index (χ0v) is 15.8. The fourth-order valence-corrected chi connectivity index (χ4v) is 2.86. The largest absolute Gasteiger partial charge is 0.494 e. The van der Waals surface area contributed by atoms with Gasteiger partial charge in [-0.25, -0.2) is 13.6 Å². The third-order valence-corrected chi connectivity index (χ3v) is 4.59. The summed E-state index contributed by atoms with van der Waals surface area (Å²) in [7, 11) is -3.85. The van der Waals surface area contributed by atoms with Crippen molar-refractivity contribution in [2.24, 2.45) is 5.14 Å². The number of ketones is 1. The van der Waals surface area contributed by atoms with Crippen molar-refractivity contribution in [1.29, 1.82) is 0 Å². The number of amides is 1. The van der Waals surface area contributed by atoms with E-state index in [1.165, 1.54) is 18.2 Å². The Balaban J connectivity index is 1.89. The van der Waals surface area contributed by atoms with Crippen LogP contribution in [0.15, 0.2) is 53.4 Å². The summed E-state index contributed by atoms with van der Waals surface area (Å²) in [6, 6.07) is 12.4. The zero-order chi connectivity index (χ0) is 19.9. The predicted octanol–water partition coefficient (Wildman–Crippen LogP) is 2.72. The third kappa shape index (κ3) is 6.50. The molecule has 0 saturated heterocycles. The van der Waals surface area contributed by atoms with Gasteiger partial charge in [-0.3, -0.25) is 9.59 Å². The van der Waals surface area contributed by atoms with Crippen molar-refractivity contribution in [2.45, 2.75) is 31.1 Å². The normalized spacial score (nSPS) is 11.0. The standard InChI is InChI=1S/C19H22N2O5S/c1-2-12-26-16-8-6-14(7-9-16)18(22)10-11-19(23)21-15-4-3-5-17(13-15)27(20,24)25/h3-9,13H,2,10-12H2,1H3,(H,21,23)(H2,20,24,25). The minimum Gasteiger partial charge on any atom is -0.494 e. The van der Waals surface area contributed by atoms with Gasteiger partial charge in [0.15, 0.2) is 5.78 Å². The van der Waals surface area contributed by atoms with Crippen molar-refractivity contribution in [2.75, 3.05) is 11.9 Å². The highest BCUT2D eigenvalue weighted by Crippen LogP contribution is 2.16. The molecule has 8 heteroatoms. The average molecular weight is 390 g/mol. The van der Waals surface area contributed by atoms with E-state index >= 15 is 0 Å². The molecule has 0 aromatic heterocycles. The van der Waals surface area contributed by atoms with Crippen molar-refractivity contribution >= 4 is 27.4 Å². The molecule has 7 nitrogen and oxygen atoms in total. The highest BCUT2D eigenvalue weighted by Gasteiger charge is 2.12. The van der Waals surface area contributed by atoms with Crippen LogP contribution in [0.4, 0.5) is 5.69 Å². The van der Waals surface area contributed by atoms with Crippen molar-refractivity contribution in [3.63, 3.8) is 0 Å². The Morgan fingerprint density at radius 3 is 2.41 bits per heavy atom. The molecule has 0 radical (unpaired) electrons. The van der Waals surface area contributed by atoms with Crippen LogP contribution in [0.1, 0.15) is 36.5 Å². The van der Waals surface area contributed by atoms with Gasteiger partial charge in [-0.2, -0.15) is 0 Å². The molecule has 0 spiro atoms. The topological polar surface area (TPSA) is 116 Å². The molecule has 0 saturated carbocycles. The molecule has 2 rings (SSSR count). The fraction of sp³-hybridized carbons (Fsp3) is 0.263. The van der Waals surface area contributed by atoms with E-state index in [2.05, 4.69) is 5.32 Å². The predicted molar refractivity (Wildman–Crippen MR) is 102 cm³/mol. The number of carbonyl (C=O) groups is 2. The van der Waals surface area contributed by atoms with E-state index < -0.39 is 15.9 Å². The van der Waals surface area contributed by atoms with Crippen LogP contribution in [0.25, 0.3) is 0 Å². The van der Waals surface area contributed by atoms with Crippen LogP contribution in [-0.4, -0.2) is 26.7 Å². The lowest BCUT2D eigenvalue weighted by atomic mass is 10.1. The van der Waals surface area contributed by atoms with E-state index in [1.54, 1.807) is 30.3 Å². The first-order chi connectivity index (χ1) is 12.8. The monoisotopic (exact) mass is 390 g/mol. The number of nitrogens with one attached hydrogen (secondary N) is 1. The molecule has 0 aliphatic heterocycles. The minimum atomic E-state index is -3.85. The van der Waals surface area contributed by atoms with E-state index in [0.29, 0.717) is 23.6 Å². The highest BCUT2D eigenvalue weighted by molar-refractivity contribution is 7.89. The van der Waals surface area contributed by atoms with E-state index in [-0.39, 0.29) is 23.5 Å². The maximum atomic E-state index is 12.2. The van der Waals surface area contributed by atoms with Crippen LogP contribution in [-0.2, 0) is 14.8 Å². The molecule has 0 atom stereocenters. The Labute approximate surface area is 158 Å². The van der Waals surface area contributed by atoms with Gasteiger partial charge in [-0.05, 0) is 48.9 Å². The summed E-state index contributed by atoms with van der Waals surface area (Å²) in [5, 5.41) is 7.62. The SMILES string of the molecule is CCCOc1ccc(C(=O)CCC(=O)Nc2cccc(S(N)(=O)=O)c2)cc1. The quantitative estimate of drug-likeness (QED) is 0.639. The molecule has 0 aliphatic rings. The Morgan fingerprint density at radius 2 is 1.78 bits per heavy atom. The van der Waals surface area contributed by atoms with Crippen LogP contribution in [0.3, 0.4) is 0 Å². The van der Waals surface area contributed by atoms with Crippen LogP contribution < -0.4 is 15.2 Å². The average Bonchev–Trinajstić information content (AvgIpc) is 2.64. The molecular weight excluding hydrogens is 368 g/mol. The van der Waals surface area contributed by atoms with Gasteiger partial charge in [-0.1, -0.05) is 13.0 Å².